The lowest BCUT2D eigenvalue weighted by molar-refractivity contribution is -0.142. The quantitative estimate of drug-likeness (QED) is 0.580. The number of benzene rings is 1. The summed E-state index contributed by atoms with van der Waals surface area (Å²) in [6.07, 6.45) is -6.53. The van der Waals surface area contributed by atoms with Crippen LogP contribution in [0, 0.1) is 0 Å². The molecule has 29 heavy (non-hydrogen) atoms. The van der Waals surface area contributed by atoms with Crippen LogP contribution in [0.5, 0.6) is 0 Å². The normalized spacial score (nSPS) is 13.1. The van der Waals surface area contributed by atoms with Crippen molar-refractivity contribution < 1.29 is 34.8 Å². The number of aromatic nitrogens is 4. The van der Waals surface area contributed by atoms with Gasteiger partial charge in [-0.3, -0.25) is 0 Å². The van der Waals surface area contributed by atoms with E-state index in [1.54, 1.807) is 0 Å². The van der Waals surface area contributed by atoms with Gasteiger partial charge in [-0.25, -0.2) is 17.8 Å². The van der Waals surface area contributed by atoms with Crippen molar-refractivity contribution in [3.05, 3.63) is 54.1 Å². The molecular weight excluding hydrogens is 426 g/mol. The molecule has 1 aromatic carbocycles. The Kier molecular flexibility index (Phi) is 4.97. The summed E-state index contributed by atoms with van der Waals surface area (Å²) >= 11 is 0. The van der Waals surface area contributed by atoms with E-state index in [-0.39, 0.29) is 11.4 Å². The van der Waals surface area contributed by atoms with Crippen LogP contribution in [0.4, 0.5) is 26.3 Å². The fourth-order valence-electron chi connectivity index (χ4n) is 2.56. The minimum Gasteiger partial charge on any atom is -0.237 e. The summed E-state index contributed by atoms with van der Waals surface area (Å²) in [4.78, 5) is -0.638. The van der Waals surface area contributed by atoms with Gasteiger partial charge in [-0.2, -0.15) is 36.5 Å². The van der Waals surface area contributed by atoms with Crippen molar-refractivity contribution in [1.29, 1.82) is 0 Å². The van der Waals surface area contributed by atoms with Gasteiger partial charge in [0.15, 0.2) is 9.84 Å². The lowest BCUT2D eigenvalue weighted by Crippen LogP contribution is -2.13. The van der Waals surface area contributed by atoms with Gasteiger partial charge >= 0.3 is 12.4 Å². The van der Waals surface area contributed by atoms with Crippen LogP contribution in [0.2, 0.25) is 0 Å². The Morgan fingerprint density at radius 1 is 1.00 bits per heavy atom. The Morgan fingerprint density at radius 2 is 1.69 bits per heavy atom. The highest BCUT2D eigenvalue weighted by Crippen LogP contribution is 2.34. The molecule has 0 fully saturated rings. The van der Waals surface area contributed by atoms with Crippen LogP contribution in [0.3, 0.4) is 0 Å². The fraction of sp³-hybridized carbons (Fsp3) is 0.250. The van der Waals surface area contributed by atoms with Crippen LogP contribution in [-0.4, -0.2) is 33.7 Å². The lowest BCUT2D eigenvalue weighted by atomic mass is 10.2. The van der Waals surface area contributed by atoms with Gasteiger partial charge in [0.25, 0.3) is 0 Å². The molecule has 13 heteroatoms. The van der Waals surface area contributed by atoms with Gasteiger partial charge in [0.05, 0.1) is 40.5 Å². The molecular formula is C16H12F6N4O2S. The Morgan fingerprint density at radius 3 is 2.28 bits per heavy atom. The third kappa shape index (κ3) is 3.99. The van der Waals surface area contributed by atoms with Crippen molar-refractivity contribution in [2.75, 3.05) is 5.75 Å². The van der Waals surface area contributed by atoms with Crippen LogP contribution < -0.4 is 0 Å². The average molecular weight is 438 g/mol. The van der Waals surface area contributed by atoms with Crippen LogP contribution in [-0.2, 0) is 22.2 Å². The predicted octanol–water partition coefficient (Wildman–Crippen LogP) is 3.89. The molecule has 0 aliphatic rings. The molecule has 0 aliphatic carbocycles. The number of alkyl halides is 6. The monoisotopic (exact) mass is 438 g/mol. The van der Waals surface area contributed by atoms with Gasteiger partial charge in [0.1, 0.15) is 11.4 Å². The smallest absolute Gasteiger partial charge is 0.237 e. The first-order chi connectivity index (χ1) is 13.3. The van der Waals surface area contributed by atoms with E-state index in [1.165, 1.54) is 6.92 Å². The third-order valence-corrected chi connectivity index (χ3v) is 5.75. The molecule has 0 N–H and O–H groups in total. The van der Waals surface area contributed by atoms with Gasteiger partial charge in [0, 0.05) is 0 Å². The second-order valence-electron chi connectivity index (χ2n) is 5.85. The van der Waals surface area contributed by atoms with E-state index in [9.17, 15) is 34.8 Å². The van der Waals surface area contributed by atoms with E-state index in [2.05, 4.69) is 10.2 Å². The second-order valence-corrected chi connectivity index (χ2v) is 8.10. The fourth-order valence-corrected chi connectivity index (χ4v) is 3.66. The van der Waals surface area contributed by atoms with Crippen molar-refractivity contribution in [2.24, 2.45) is 0 Å². The molecule has 0 unspecified atom stereocenters. The number of rotatable bonds is 4. The standard InChI is InChI=1S/C16H12F6N4O2S/c1-2-29(27,28)13-7-10(15(17,18)19)3-4-12(13)25-9-11(8-24-25)26-14(5-6-23-26)16(20,21)22/h3-9H,2H2,1H3. The molecule has 0 radical (unpaired) electrons. The maximum Gasteiger partial charge on any atom is 0.433 e. The highest BCUT2D eigenvalue weighted by Gasteiger charge is 2.36. The zero-order valence-corrected chi connectivity index (χ0v) is 15.3. The molecule has 0 saturated heterocycles. The molecule has 0 aliphatic heterocycles. The summed E-state index contributed by atoms with van der Waals surface area (Å²) in [6, 6.07) is 2.78. The molecule has 0 atom stereocenters. The van der Waals surface area contributed by atoms with Gasteiger partial charge < -0.3 is 0 Å². The number of hydrogen-bond donors (Lipinski definition) is 0. The molecule has 0 saturated carbocycles. The van der Waals surface area contributed by atoms with Crippen molar-refractivity contribution >= 4 is 9.84 Å². The first-order valence-corrected chi connectivity index (χ1v) is 9.60. The molecule has 0 bridgehead atoms. The largest absolute Gasteiger partial charge is 0.433 e. The highest BCUT2D eigenvalue weighted by atomic mass is 32.2. The number of halogens is 6. The molecule has 0 amide bonds. The summed E-state index contributed by atoms with van der Waals surface area (Å²) in [5.41, 5.74) is -2.65. The number of nitrogens with zero attached hydrogens (tertiary/aromatic N) is 4. The number of hydrogen-bond acceptors (Lipinski definition) is 4. The second kappa shape index (κ2) is 6.90. The Balaban J connectivity index is 2.15. The molecule has 2 aromatic heterocycles. The average Bonchev–Trinajstić information content (AvgIpc) is 3.29. The van der Waals surface area contributed by atoms with Crippen LogP contribution in [0.25, 0.3) is 11.4 Å². The van der Waals surface area contributed by atoms with E-state index in [4.69, 9.17) is 0 Å². The van der Waals surface area contributed by atoms with Crippen LogP contribution in [0.1, 0.15) is 18.2 Å². The summed E-state index contributed by atoms with van der Waals surface area (Å²) in [5, 5.41) is 7.38. The maximum atomic E-state index is 13.0. The van der Waals surface area contributed by atoms with Crippen LogP contribution in [0.15, 0.2) is 47.8 Å². The van der Waals surface area contributed by atoms with Crippen molar-refractivity contribution in [3.63, 3.8) is 0 Å². The van der Waals surface area contributed by atoms with Crippen molar-refractivity contribution in [3.8, 4) is 11.4 Å². The Labute approximate surface area is 160 Å². The maximum absolute atomic E-state index is 13.0. The van der Waals surface area contributed by atoms with Gasteiger partial charge in [-0.15, -0.1) is 0 Å². The minimum absolute atomic E-state index is 0.151. The minimum atomic E-state index is -4.78. The first-order valence-electron chi connectivity index (χ1n) is 7.95. The van der Waals surface area contributed by atoms with Crippen molar-refractivity contribution in [1.82, 2.24) is 19.6 Å². The molecule has 3 aromatic rings. The van der Waals surface area contributed by atoms with E-state index in [0.29, 0.717) is 16.8 Å². The van der Waals surface area contributed by atoms with Crippen LogP contribution >= 0.6 is 0 Å². The zero-order valence-electron chi connectivity index (χ0n) is 14.5. The molecule has 2 heterocycles. The molecule has 6 nitrogen and oxygen atoms in total. The van der Waals surface area contributed by atoms with Gasteiger partial charge in [0.2, 0.25) is 0 Å². The predicted molar refractivity (Wildman–Crippen MR) is 88.4 cm³/mol. The number of sulfone groups is 1. The lowest BCUT2D eigenvalue weighted by Gasteiger charge is -2.13. The van der Waals surface area contributed by atoms with E-state index in [1.807, 2.05) is 0 Å². The third-order valence-electron chi connectivity index (χ3n) is 4.00. The van der Waals surface area contributed by atoms with E-state index in [0.717, 1.165) is 35.4 Å². The van der Waals surface area contributed by atoms with Gasteiger partial charge in [-0.1, -0.05) is 6.92 Å². The van der Waals surface area contributed by atoms with Crippen molar-refractivity contribution in [2.45, 2.75) is 24.2 Å². The van der Waals surface area contributed by atoms with E-state index >= 15 is 0 Å². The topological polar surface area (TPSA) is 69.8 Å². The first kappa shape index (κ1) is 20.9. The summed E-state index contributed by atoms with van der Waals surface area (Å²) in [5.74, 6) is -0.479. The summed E-state index contributed by atoms with van der Waals surface area (Å²) in [7, 11) is -4.10. The molecule has 156 valence electrons. The molecule has 3 rings (SSSR count). The Hall–Kier alpha value is -2.83. The van der Waals surface area contributed by atoms with Gasteiger partial charge in [-0.05, 0) is 24.3 Å². The zero-order chi connectivity index (χ0) is 21.6. The Bertz CT molecular complexity index is 1140. The highest BCUT2D eigenvalue weighted by molar-refractivity contribution is 7.91. The molecule has 0 spiro atoms. The summed E-state index contributed by atoms with van der Waals surface area (Å²) in [6.45, 7) is 1.26. The SMILES string of the molecule is CCS(=O)(=O)c1cc(C(F)(F)F)ccc1-n1cc(-n2nccc2C(F)(F)F)cn1. The summed E-state index contributed by atoms with van der Waals surface area (Å²) < 4.78 is 104. The van der Waals surface area contributed by atoms with E-state index < -0.39 is 44.1 Å².